The lowest BCUT2D eigenvalue weighted by atomic mass is 10.1. The molecule has 0 saturated carbocycles. The monoisotopic (exact) mass is 301 g/mol. The first-order chi connectivity index (χ1) is 10.6. The molecule has 0 radical (unpaired) electrons. The number of hydrogen-bond donors (Lipinski definition) is 2. The number of ether oxygens (including phenoxy) is 1. The summed E-state index contributed by atoms with van der Waals surface area (Å²) in [5.74, 6) is -0.182. The molecule has 22 heavy (non-hydrogen) atoms. The van der Waals surface area contributed by atoms with E-state index in [1.54, 1.807) is 10.6 Å². The van der Waals surface area contributed by atoms with Crippen molar-refractivity contribution in [2.75, 3.05) is 12.3 Å². The molecule has 7 heteroatoms. The summed E-state index contributed by atoms with van der Waals surface area (Å²) in [6.07, 6.45) is 3.97. The smallest absolute Gasteiger partial charge is 0.247 e. The number of fused-ring (bicyclic) bond motifs is 1. The van der Waals surface area contributed by atoms with E-state index in [0.29, 0.717) is 23.6 Å². The summed E-state index contributed by atoms with van der Waals surface area (Å²) in [6, 6.07) is 4.25. The van der Waals surface area contributed by atoms with Crippen LogP contribution in [0.25, 0.3) is 5.52 Å². The fourth-order valence-corrected chi connectivity index (χ4v) is 2.36. The average molecular weight is 301 g/mol. The summed E-state index contributed by atoms with van der Waals surface area (Å²) in [5, 5.41) is 4.15. The van der Waals surface area contributed by atoms with E-state index in [1.165, 1.54) is 18.5 Å². The van der Waals surface area contributed by atoms with Crippen LogP contribution in [0.15, 0.2) is 30.7 Å². The largest absolute Gasteiger partial charge is 0.434 e. The molecule has 2 heterocycles. The molecule has 3 aromatic rings. The SMILES string of the molecule is Cc1c(CCN)cn2ncnc(Oc3ccc(N)cc3F)c12. The van der Waals surface area contributed by atoms with Crippen LogP contribution in [0.5, 0.6) is 11.6 Å². The summed E-state index contributed by atoms with van der Waals surface area (Å²) in [7, 11) is 0. The predicted octanol–water partition coefficient (Wildman–Crippen LogP) is 2.05. The van der Waals surface area contributed by atoms with Gasteiger partial charge in [-0.3, -0.25) is 0 Å². The van der Waals surface area contributed by atoms with Crippen LogP contribution in [0.1, 0.15) is 11.1 Å². The molecule has 1 aromatic carbocycles. The average Bonchev–Trinajstić information content (AvgIpc) is 2.80. The zero-order valence-corrected chi connectivity index (χ0v) is 12.1. The van der Waals surface area contributed by atoms with E-state index >= 15 is 0 Å². The fourth-order valence-electron chi connectivity index (χ4n) is 2.36. The molecule has 0 unspecified atom stereocenters. The summed E-state index contributed by atoms with van der Waals surface area (Å²) in [5.41, 5.74) is 14.2. The third-order valence-electron chi connectivity index (χ3n) is 3.47. The lowest BCUT2D eigenvalue weighted by Crippen LogP contribution is -2.02. The summed E-state index contributed by atoms with van der Waals surface area (Å²) < 4.78 is 21.2. The Morgan fingerprint density at radius 3 is 2.91 bits per heavy atom. The fraction of sp³-hybridized carbons (Fsp3) is 0.200. The molecule has 0 aliphatic carbocycles. The minimum Gasteiger partial charge on any atom is -0.434 e. The number of aromatic nitrogens is 3. The minimum absolute atomic E-state index is 0.0655. The second-order valence-corrected chi connectivity index (χ2v) is 4.97. The Labute approximate surface area is 126 Å². The Bertz CT molecular complexity index is 830. The minimum atomic E-state index is -0.539. The highest BCUT2D eigenvalue weighted by Crippen LogP contribution is 2.30. The van der Waals surface area contributed by atoms with Crippen molar-refractivity contribution in [3.63, 3.8) is 0 Å². The summed E-state index contributed by atoms with van der Waals surface area (Å²) in [4.78, 5) is 4.12. The second-order valence-electron chi connectivity index (χ2n) is 4.97. The Hall–Kier alpha value is -2.67. The molecule has 114 valence electrons. The molecule has 0 amide bonds. The Morgan fingerprint density at radius 2 is 2.18 bits per heavy atom. The molecule has 0 bridgehead atoms. The van der Waals surface area contributed by atoms with Crippen molar-refractivity contribution in [2.45, 2.75) is 13.3 Å². The van der Waals surface area contributed by atoms with Crippen molar-refractivity contribution in [1.82, 2.24) is 14.6 Å². The standard InChI is InChI=1S/C15H16FN5O/c1-9-10(4-5-17)7-21-14(9)15(19-8-20-21)22-13-3-2-11(18)6-12(13)16/h2-3,6-8H,4-5,17-18H2,1H3. The van der Waals surface area contributed by atoms with Gasteiger partial charge in [0.2, 0.25) is 5.88 Å². The number of halogens is 1. The molecule has 6 nitrogen and oxygen atoms in total. The molecule has 0 aliphatic rings. The molecule has 0 fully saturated rings. The molecular weight excluding hydrogens is 285 g/mol. The number of aryl methyl sites for hydroxylation is 1. The Morgan fingerprint density at radius 1 is 1.36 bits per heavy atom. The van der Waals surface area contributed by atoms with Crippen LogP contribution in [0.2, 0.25) is 0 Å². The van der Waals surface area contributed by atoms with E-state index in [1.807, 2.05) is 13.1 Å². The zero-order chi connectivity index (χ0) is 15.7. The van der Waals surface area contributed by atoms with Gasteiger partial charge in [-0.15, -0.1) is 0 Å². The second kappa shape index (κ2) is 5.61. The molecule has 0 aliphatic heterocycles. The van der Waals surface area contributed by atoms with Crippen LogP contribution in [-0.2, 0) is 6.42 Å². The topological polar surface area (TPSA) is 91.5 Å². The maximum Gasteiger partial charge on any atom is 0.247 e. The van der Waals surface area contributed by atoms with Crippen LogP contribution in [0.4, 0.5) is 10.1 Å². The van der Waals surface area contributed by atoms with Gasteiger partial charge in [0.05, 0.1) is 0 Å². The van der Waals surface area contributed by atoms with Gasteiger partial charge in [0.25, 0.3) is 0 Å². The quantitative estimate of drug-likeness (QED) is 0.720. The molecule has 4 N–H and O–H groups in total. The predicted molar refractivity (Wildman–Crippen MR) is 81.4 cm³/mol. The van der Waals surface area contributed by atoms with Gasteiger partial charge in [-0.1, -0.05) is 0 Å². The van der Waals surface area contributed by atoms with Crippen LogP contribution in [0, 0.1) is 12.7 Å². The number of nitrogen functional groups attached to an aromatic ring is 1. The third kappa shape index (κ3) is 2.46. The lowest BCUT2D eigenvalue weighted by molar-refractivity contribution is 0.428. The van der Waals surface area contributed by atoms with Crippen molar-refractivity contribution < 1.29 is 9.13 Å². The molecule has 0 saturated heterocycles. The number of anilines is 1. The first kappa shape index (κ1) is 14.3. The van der Waals surface area contributed by atoms with Gasteiger partial charge in [-0.2, -0.15) is 10.1 Å². The number of nitrogens with two attached hydrogens (primary N) is 2. The molecule has 0 spiro atoms. The molecule has 2 aromatic heterocycles. The highest BCUT2D eigenvalue weighted by Gasteiger charge is 2.15. The van der Waals surface area contributed by atoms with E-state index in [0.717, 1.165) is 17.5 Å². The van der Waals surface area contributed by atoms with Gasteiger partial charge in [0.15, 0.2) is 11.6 Å². The number of hydrogen-bond acceptors (Lipinski definition) is 5. The third-order valence-corrected chi connectivity index (χ3v) is 3.47. The van der Waals surface area contributed by atoms with Crippen molar-refractivity contribution in [3.8, 4) is 11.6 Å². The zero-order valence-electron chi connectivity index (χ0n) is 12.1. The highest BCUT2D eigenvalue weighted by molar-refractivity contribution is 5.65. The first-order valence-electron chi connectivity index (χ1n) is 6.85. The maximum atomic E-state index is 13.9. The molecule has 0 atom stereocenters. The van der Waals surface area contributed by atoms with Crippen LogP contribution < -0.4 is 16.2 Å². The van der Waals surface area contributed by atoms with E-state index in [-0.39, 0.29) is 5.75 Å². The van der Waals surface area contributed by atoms with E-state index in [9.17, 15) is 4.39 Å². The van der Waals surface area contributed by atoms with Crippen molar-refractivity contribution in [3.05, 3.63) is 47.7 Å². The summed E-state index contributed by atoms with van der Waals surface area (Å²) in [6.45, 7) is 2.48. The van der Waals surface area contributed by atoms with Gasteiger partial charge in [-0.05, 0) is 43.1 Å². The van der Waals surface area contributed by atoms with Gasteiger partial charge in [0.1, 0.15) is 11.8 Å². The lowest BCUT2D eigenvalue weighted by Gasteiger charge is -2.08. The first-order valence-corrected chi connectivity index (χ1v) is 6.85. The van der Waals surface area contributed by atoms with E-state index in [2.05, 4.69) is 10.1 Å². The molecule has 3 rings (SSSR count). The van der Waals surface area contributed by atoms with E-state index < -0.39 is 5.82 Å². The van der Waals surface area contributed by atoms with Crippen LogP contribution in [0.3, 0.4) is 0 Å². The number of nitrogens with zero attached hydrogens (tertiary/aromatic N) is 3. The van der Waals surface area contributed by atoms with Crippen molar-refractivity contribution in [1.29, 1.82) is 0 Å². The Balaban J connectivity index is 2.07. The number of benzene rings is 1. The van der Waals surface area contributed by atoms with Crippen LogP contribution >= 0.6 is 0 Å². The van der Waals surface area contributed by atoms with Crippen molar-refractivity contribution >= 4 is 11.2 Å². The van der Waals surface area contributed by atoms with Gasteiger partial charge < -0.3 is 16.2 Å². The maximum absolute atomic E-state index is 13.9. The summed E-state index contributed by atoms with van der Waals surface area (Å²) >= 11 is 0. The Kier molecular flexibility index (Phi) is 3.64. The highest BCUT2D eigenvalue weighted by atomic mass is 19.1. The molecular formula is C15H16FN5O. The van der Waals surface area contributed by atoms with Gasteiger partial charge in [0, 0.05) is 18.0 Å². The van der Waals surface area contributed by atoms with Crippen molar-refractivity contribution in [2.24, 2.45) is 5.73 Å². The van der Waals surface area contributed by atoms with Gasteiger partial charge >= 0.3 is 0 Å². The van der Waals surface area contributed by atoms with E-state index in [4.69, 9.17) is 16.2 Å². The van der Waals surface area contributed by atoms with Crippen LogP contribution in [-0.4, -0.2) is 21.1 Å². The number of rotatable bonds is 4. The normalized spacial score (nSPS) is 11.0. The van der Waals surface area contributed by atoms with Gasteiger partial charge in [-0.25, -0.2) is 8.91 Å².